The van der Waals surface area contributed by atoms with Gasteiger partial charge in [0, 0.05) is 17.0 Å². The first-order valence-corrected chi connectivity index (χ1v) is 5.11. The van der Waals surface area contributed by atoms with Crippen molar-refractivity contribution in [1.29, 1.82) is 0 Å². The van der Waals surface area contributed by atoms with E-state index in [-0.39, 0.29) is 5.41 Å². The minimum absolute atomic E-state index is 0.158. The van der Waals surface area contributed by atoms with E-state index >= 15 is 0 Å². The number of halogens is 1. The third kappa shape index (κ3) is 1.95. The van der Waals surface area contributed by atoms with Gasteiger partial charge in [-0.1, -0.05) is 25.4 Å². The van der Waals surface area contributed by atoms with Gasteiger partial charge in [-0.3, -0.25) is 0 Å². The second kappa shape index (κ2) is 3.35. The van der Waals surface area contributed by atoms with Crippen molar-refractivity contribution in [2.24, 2.45) is 5.41 Å². The minimum atomic E-state index is 0.158. The lowest BCUT2D eigenvalue weighted by molar-refractivity contribution is 0.200. The van der Waals surface area contributed by atoms with Gasteiger partial charge in [0.15, 0.2) is 0 Å². The first-order chi connectivity index (χ1) is 6.57. The van der Waals surface area contributed by atoms with Crippen molar-refractivity contribution in [3.63, 3.8) is 0 Å². The van der Waals surface area contributed by atoms with Gasteiger partial charge in [-0.2, -0.15) is 0 Å². The van der Waals surface area contributed by atoms with Crippen molar-refractivity contribution in [1.82, 2.24) is 0 Å². The Labute approximate surface area is 89.2 Å². The Hall–Kier alpha value is -0.890. The molecular formula is C11H14ClNO. The van der Waals surface area contributed by atoms with Crippen molar-refractivity contribution >= 4 is 17.3 Å². The van der Waals surface area contributed by atoms with E-state index < -0.39 is 0 Å². The number of nitrogens with one attached hydrogen (secondary N) is 1. The Bertz CT molecular complexity index is 349. The summed E-state index contributed by atoms with van der Waals surface area (Å²) in [6, 6.07) is 5.66. The van der Waals surface area contributed by atoms with Gasteiger partial charge in [-0.25, -0.2) is 0 Å². The lowest BCUT2D eigenvalue weighted by Gasteiger charge is -2.20. The molecule has 0 spiro atoms. The van der Waals surface area contributed by atoms with Crippen LogP contribution in [-0.2, 0) is 0 Å². The van der Waals surface area contributed by atoms with E-state index in [1.165, 1.54) is 0 Å². The highest BCUT2D eigenvalue weighted by atomic mass is 35.5. The van der Waals surface area contributed by atoms with Gasteiger partial charge in [0.1, 0.15) is 5.75 Å². The number of benzene rings is 1. The van der Waals surface area contributed by atoms with E-state index in [4.69, 9.17) is 16.3 Å². The number of anilines is 1. The number of hydrogen-bond acceptors (Lipinski definition) is 2. The summed E-state index contributed by atoms with van der Waals surface area (Å²) >= 11 is 5.91. The Balaban J connectivity index is 2.30. The molecule has 0 radical (unpaired) electrons. The molecule has 1 aliphatic heterocycles. The average molecular weight is 212 g/mol. The fourth-order valence-electron chi connectivity index (χ4n) is 1.42. The predicted octanol–water partition coefficient (Wildman–Crippen LogP) is 3.17. The molecule has 1 N–H and O–H groups in total. The molecule has 1 heterocycles. The highest BCUT2D eigenvalue weighted by Crippen LogP contribution is 2.33. The van der Waals surface area contributed by atoms with Gasteiger partial charge in [-0.05, 0) is 18.2 Å². The maximum Gasteiger partial charge on any atom is 0.142 e. The van der Waals surface area contributed by atoms with Crippen molar-refractivity contribution < 1.29 is 4.74 Å². The Morgan fingerprint density at radius 2 is 2.21 bits per heavy atom. The quantitative estimate of drug-likeness (QED) is 0.712. The largest absolute Gasteiger partial charge is 0.491 e. The molecule has 3 heteroatoms. The van der Waals surface area contributed by atoms with Gasteiger partial charge in [0.2, 0.25) is 0 Å². The second-order valence-electron chi connectivity index (χ2n) is 4.45. The number of fused-ring (bicyclic) bond motifs is 1. The average Bonchev–Trinajstić information content (AvgIpc) is 2.26. The van der Waals surface area contributed by atoms with Crippen LogP contribution in [0.1, 0.15) is 13.8 Å². The second-order valence-corrected chi connectivity index (χ2v) is 4.88. The van der Waals surface area contributed by atoms with Gasteiger partial charge in [0.25, 0.3) is 0 Å². The maximum atomic E-state index is 5.91. The van der Waals surface area contributed by atoms with E-state index in [2.05, 4.69) is 19.2 Å². The molecule has 76 valence electrons. The molecule has 1 aromatic carbocycles. The third-order valence-corrected chi connectivity index (χ3v) is 2.55. The minimum Gasteiger partial charge on any atom is -0.491 e. The van der Waals surface area contributed by atoms with Crippen LogP contribution in [0.3, 0.4) is 0 Å². The molecule has 1 aromatic rings. The standard InChI is InChI=1S/C11H14ClNO/c1-11(2)6-13-9-5-8(12)3-4-10(9)14-7-11/h3-5,13H,6-7H2,1-2H3. The van der Waals surface area contributed by atoms with E-state index in [0.717, 1.165) is 29.6 Å². The summed E-state index contributed by atoms with van der Waals surface area (Å²) in [5.41, 5.74) is 1.15. The monoisotopic (exact) mass is 211 g/mol. The van der Waals surface area contributed by atoms with Crippen LogP contribution < -0.4 is 10.1 Å². The first kappa shape index (κ1) is 9.66. The van der Waals surface area contributed by atoms with Crippen molar-refractivity contribution in [2.75, 3.05) is 18.5 Å². The van der Waals surface area contributed by atoms with E-state index in [9.17, 15) is 0 Å². The van der Waals surface area contributed by atoms with Gasteiger partial charge in [-0.15, -0.1) is 0 Å². The summed E-state index contributed by atoms with van der Waals surface area (Å²) in [6.45, 7) is 5.98. The summed E-state index contributed by atoms with van der Waals surface area (Å²) in [4.78, 5) is 0. The normalized spacial score (nSPS) is 18.8. The Morgan fingerprint density at radius 3 is 3.00 bits per heavy atom. The first-order valence-electron chi connectivity index (χ1n) is 4.73. The maximum absolute atomic E-state index is 5.91. The van der Waals surface area contributed by atoms with E-state index in [1.54, 1.807) is 0 Å². The fourth-order valence-corrected chi connectivity index (χ4v) is 1.60. The number of rotatable bonds is 0. The SMILES string of the molecule is CC1(C)CNc2cc(Cl)ccc2OC1. The zero-order valence-corrected chi connectivity index (χ0v) is 9.19. The molecule has 0 amide bonds. The molecule has 0 aromatic heterocycles. The summed E-state index contributed by atoms with van der Waals surface area (Å²) in [5.74, 6) is 0.889. The summed E-state index contributed by atoms with van der Waals surface area (Å²) < 4.78 is 5.70. The van der Waals surface area contributed by atoms with Crippen molar-refractivity contribution in [2.45, 2.75) is 13.8 Å². The smallest absolute Gasteiger partial charge is 0.142 e. The fraction of sp³-hybridized carbons (Fsp3) is 0.455. The van der Waals surface area contributed by atoms with Crippen LogP contribution in [0.15, 0.2) is 18.2 Å². The lowest BCUT2D eigenvalue weighted by Crippen LogP contribution is -2.27. The van der Waals surface area contributed by atoms with Crippen molar-refractivity contribution in [3.8, 4) is 5.75 Å². The topological polar surface area (TPSA) is 21.3 Å². The molecule has 0 fully saturated rings. The Kier molecular flexibility index (Phi) is 2.31. The molecule has 0 atom stereocenters. The molecular weight excluding hydrogens is 198 g/mol. The molecule has 0 unspecified atom stereocenters. The zero-order chi connectivity index (χ0) is 10.2. The number of hydrogen-bond donors (Lipinski definition) is 1. The third-order valence-electron chi connectivity index (χ3n) is 2.32. The Morgan fingerprint density at radius 1 is 1.43 bits per heavy atom. The molecule has 0 bridgehead atoms. The molecule has 2 rings (SSSR count). The number of ether oxygens (including phenoxy) is 1. The molecule has 0 saturated carbocycles. The highest BCUT2D eigenvalue weighted by Gasteiger charge is 2.23. The van der Waals surface area contributed by atoms with Crippen LogP contribution in [0.25, 0.3) is 0 Å². The van der Waals surface area contributed by atoms with Crippen LogP contribution in [0.2, 0.25) is 5.02 Å². The van der Waals surface area contributed by atoms with Gasteiger partial charge >= 0.3 is 0 Å². The van der Waals surface area contributed by atoms with E-state index in [1.807, 2.05) is 18.2 Å². The van der Waals surface area contributed by atoms with Crippen molar-refractivity contribution in [3.05, 3.63) is 23.2 Å². The molecule has 0 aliphatic carbocycles. The zero-order valence-electron chi connectivity index (χ0n) is 8.43. The summed E-state index contributed by atoms with van der Waals surface area (Å²) in [6.07, 6.45) is 0. The van der Waals surface area contributed by atoms with E-state index in [0.29, 0.717) is 0 Å². The van der Waals surface area contributed by atoms with Crippen LogP contribution >= 0.6 is 11.6 Å². The molecule has 14 heavy (non-hydrogen) atoms. The van der Waals surface area contributed by atoms with Gasteiger partial charge < -0.3 is 10.1 Å². The van der Waals surface area contributed by atoms with Crippen LogP contribution in [0.5, 0.6) is 5.75 Å². The van der Waals surface area contributed by atoms with Crippen LogP contribution in [0, 0.1) is 5.41 Å². The van der Waals surface area contributed by atoms with Crippen LogP contribution in [0.4, 0.5) is 5.69 Å². The predicted molar refractivity (Wildman–Crippen MR) is 59.2 cm³/mol. The lowest BCUT2D eigenvalue weighted by atomic mass is 9.95. The molecule has 2 nitrogen and oxygen atoms in total. The summed E-state index contributed by atoms with van der Waals surface area (Å²) in [5, 5.41) is 4.08. The molecule has 0 saturated heterocycles. The van der Waals surface area contributed by atoms with Crippen LogP contribution in [-0.4, -0.2) is 13.2 Å². The highest BCUT2D eigenvalue weighted by molar-refractivity contribution is 6.30. The summed E-state index contributed by atoms with van der Waals surface area (Å²) in [7, 11) is 0. The van der Waals surface area contributed by atoms with Gasteiger partial charge in [0.05, 0.1) is 12.3 Å². The molecule has 1 aliphatic rings.